The highest BCUT2D eigenvalue weighted by Gasteiger charge is 2.08. The minimum Gasteiger partial charge on any atom is -0.319 e. The van der Waals surface area contributed by atoms with Gasteiger partial charge in [0, 0.05) is 19.4 Å². The van der Waals surface area contributed by atoms with Crippen LogP contribution in [0.25, 0.3) is 0 Å². The molecule has 0 unspecified atom stereocenters. The summed E-state index contributed by atoms with van der Waals surface area (Å²) < 4.78 is 0. The molecule has 0 heterocycles. The molecule has 0 saturated heterocycles. The predicted octanol–water partition coefficient (Wildman–Crippen LogP) is 1.99. The van der Waals surface area contributed by atoms with Crippen LogP contribution in [-0.4, -0.2) is 19.4 Å². The van der Waals surface area contributed by atoms with Crippen molar-refractivity contribution in [1.29, 1.82) is 0 Å². The minimum atomic E-state index is 0.401. The van der Waals surface area contributed by atoms with Gasteiger partial charge in [0.15, 0.2) is 0 Å². The van der Waals surface area contributed by atoms with Gasteiger partial charge in [-0.1, -0.05) is 26.7 Å². The Kier molecular flexibility index (Phi) is 7.06. The van der Waals surface area contributed by atoms with Crippen LogP contribution in [0.5, 0.6) is 0 Å². The highest BCUT2D eigenvalue weighted by Crippen LogP contribution is 2.13. The Bertz CT molecular complexity index is 119. The molecule has 0 atom stereocenters. The molecule has 0 aliphatic carbocycles. The molecule has 0 spiro atoms. The molecule has 2 nitrogen and oxygen atoms in total. The average molecular weight is 171 g/mol. The Balaban J connectivity index is 3.52. The highest BCUT2D eigenvalue weighted by molar-refractivity contribution is 5.78. The summed E-state index contributed by atoms with van der Waals surface area (Å²) in [6, 6.07) is 0. The number of hydrogen-bond acceptors (Lipinski definition) is 2. The van der Waals surface area contributed by atoms with Crippen molar-refractivity contribution < 1.29 is 4.79 Å². The van der Waals surface area contributed by atoms with Gasteiger partial charge in [-0.05, 0) is 13.0 Å². The Labute approximate surface area is 75.7 Å². The molecule has 0 aromatic heterocycles. The van der Waals surface area contributed by atoms with Crippen molar-refractivity contribution in [2.45, 2.75) is 39.5 Å². The van der Waals surface area contributed by atoms with Crippen molar-refractivity contribution in [2.75, 3.05) is 13.6 Å². The van der Waals surface area contributed by atoms with Crippen molar-refractivity contribution in [2.24, 2.45) is 5.92 Å². The number of carbonyl (C=O) groups excluding carboxylic acids is 1. The van der Waals surface area contributed by atoms with Crippen LogP contribution in [0, 0.1) is 5.92 Å². The van der Waals surface area contributed by atoms with Crippen molar-refractivity contribution in [1.82, 2.24) is 5.32 Å². The molecule has 0 saturated carbocycles. The van der Waals surface area contributed by atoms with E-state index in [1.807, 2.05) is 7.05 Å². The smallest absolute Gasteiger partial charge is 0.134 e. The average Bonchev–Trinajstić information content (AvgIpc) is 2.10. The number of hydrogen-bond donors (Lipinski definition) is 1. The Morgan fingerprint density at radius 2 is 1.92 bits per heavy atom. The van der Waals surface area contributed by atoms with E-state index in [2.05, 4.69) is 19.2 Å². The van der Waals surface area contributed by atoms with E-state index in [-0.39, 0.29) is 0 Å². The standard InChI is InChI=1S/C10H21NO/c1-4-9(5-2)8-10(12)6-7-11-3/h9,11H,4-8H2,1-3H3. The third kappa shape index (κ3) is 5.30. The van der Waals surface area contributed by atoms with Gasteiger partial charge in [-0.2, -0.15) is 0 Å². The van der Waals surface area contributed by atoms with Crippen LogP contribution in [0.15, 0.2) is 0 Å². The zero-order valence-electron chi connectivity index (χ0n) is 8.52. The first kappa shape index (κ1) is 11.6. The largest absolute Gasteiger partial charge is 0.319 e. The van der Waals surface area contributed by atoms with Crippen molar-refractivity contribution in [3.63, 3.8) is 0 Å². The molecule has 0 aromatic rings. The van der Waals surface area contributed by atoms with E-state index in [4.69, 9.17) is 0 Å². The van der Waals surface area contributed by atoms with Crippen LogP contribution in [0.2, 0.25) is 0 Å². The number of nitrogens with one attached hydrogen (secondary N) is 1. The first-order valence-electron chi connectivity index (χ1n) is 4.90. The Hall–Kier alpha value is -0.370. The molecule has 0 aromatic carbocycles. The van der Waals surface area contributed by atoms with Gasteiger partial charge in [0.25, 0.3) is 0 Å². The molecule has 0 aliphatic heterocycles. The van der Waals surface area contributed by atoms with Gasteiger partial charge in [0.2, 0.25) is 0 Å². The molecule has 0 rings (SSSR count). The van der Waals surface area contributed by atoms with Gasteiger partial charge in [-0.3, -0.25) is 4.79 Å². The first-order chi connectivity index (χ1) is 5.74. The maximum absolute atomic E-state index is 11.3. The quantitative estimate of drug-likeness (QED) is 0.634. The summed E-state index contributed by atoms with van der Waals surface area (Å²) in [5, 5.41) is 2.99. The van der Waals surface area contributed by atoms with Gasteiger partial charge >= 0.3 is 0 Å². The number of ketones is 1. The van der Waals surface area contributed by atoms with Gasteiger partial charge in [0.1, 0.15) is 5.78 Å². The lowest BCUT2D eigenvalue weighted by atomic mass is 9.96. The second-order valence-electron chi connectivity index (χ2n) is 3.28. The normalized spacial score (nSPS) is 10.7. The van der Waals surface area contributed by atoms with E-state index in [1.54, 1.807) is 0 Å². The van der Waals surface area contributed by atoms with Crippen molar-refractivity contribution in [3.8, 4) is 0 Å². The van der Waals surface area contributed by atoms with Gasteiger partial charge < -0.3 is 5.32 Å². The van der Waals surface area contributed by atoms with Crippen LogP contribution < -0.4 is 5.32 Å². The fourth-order valence-electron chi connectivity index (χ4n) is 1.27. The Morgan fingerprint density at radius 1 is 1.33 bits per heavy atom. The fourth-order valence-corrected chi connectivity index (χ4v) is 1.27. The summed E-state index contributed by atoms with van der Waals surface area (Å²) >= 11 is 0. The van der Waals surface area contributed by atoms with Crippen LogP contribution in [-0.2, 0) is 4.79 Å². The summed E-state index contributed by atoms with van der Waals surface area (Å²) in [5.41, 5.74) is 0. The van der Waals surface area contributed by atoms with Gasteiger partial charge in [-0.25, -0.2) is 0 Å². The van der Waals surface area contributed by atoms with Gasteiger partial charge in [-0.15, -0.1) is 0 Å². The van der Waals surface area contributed by atoms with Crippen molar-refractivity contribution >= 4 is 5.78 Å². The second kappa shape index (κ2) is 7.29. The molecule has 0 radical (unpaired) electrons. The lowest BCUT2D eigenvalue weighted by molar-refractivity contribution is -0.119. The molecular weight excluding hydrogens is 150 g/mol. The van der Waals surface area contributed by atoms with E-state index in [0.29, 0.717) is 18.1 Å². The lowest BCUT2D eigenvalue weighted by Gasteiger charge is -2.10. The van der Waals surface area contributed by atoms with E-state index >= 15 is 0 Å². The fraction of sp³-hybridized carbons (Fsp3) is 0.900. The topological polar surface area (TPSA) is 29.1 Å². The predicted molar refractivity (Wildman–Crippen MR) is 52.2 cm³/mol. The molecule has 0 bridgehead atoms. The minimum absolute atomic E-state index is 0.401. The first-order valence-corrected chi connectivity index (χ1v) is 4.90. The van der Waals surface area contributed by atoms with Crippen LogP contribution >= 0.6 is 0 Å². The molecular formula is C10H21NO. The Morgan fingerprint density at radius 3 is 2.33 bits per heavy atom. The summed E-state index contributed by atoms with van der Waals surface area (Å²) in [7, 11) is 1.88. The summed E-state index contributed by atoms with van der Waals surface area (Å²) in [4.78, 5) is 11.3. The third-order valence-corrected chi connectivity index (χ3v) is 2.32. The maximum atomic E-state index is 11.3. The van der Waals surface area contributed by atoms with Crippen molar-refractivity contribution in [3.05, 3.63) is 0 Å². The number of rotatable bonds is 7. The molecule has 0 aliphatic rings. The van der Waals surface area contributed by atoms with Crippen LogP contribution in [0.3, 0.4) is 0 Å². The highest BCUT2D eigenvalue weighted by atomic mass is 16.1. The molecule has 0 fully saturated rings. The third-order valence-electron chi connectivity index (χ3n) is 2.32. The molecule has 0 amide bonds. The summed E-state index contributed by atoms with van der Waals surface area (Å²) in [6.45, 7) is 5.12. The number of carbonyl (C=O) groups is 1. The molecule has 1 N–H and O–H groups in total. The summed E-state index contributed by atoms with van der Waals surface area (Å²) in [5.74, 6) is 1.01. The van der Waals surface area contributed by atoms with Crippen LogP contribution in [0.1, 0.15) is 39.5 Å². The zero-order chi connectivity index (χ0) is 9.40. The molecule has 72 valence electrons. The lowest BCUT2D eigenvalue weighted by Crippen LogP contribution is -2.15. The SMILES string of the molecule is CCC(CC)CC(=O)CCNC. The van der Waals surface area contributed by atoms with E-state index in [9.17, 15) is 4.79 Å². The second-order valence-corrected chi connectivity index (χ2v) is 3.28. The van der Waals surface area contributed by atoms with E-state index < -0.39 is 0 Å². The summed E-state index contributed by atoms with van der Waals surface area (Å²) in [6.07, 6.45) is 3.71. The zero-order valence-corrected chi connectivity index (χ0v) is 8.52. The van der Waals surface area contributed by atoms with E-state index in [1.165, 1.54) is 0 Å². The number of Topliss-reactive ketones (excluding diaryl/α,β-unsaturated/α-hetero) is 1. The van der Waals surface area contributed by atoms with Gasteiger partial charge in [0.05, 0.1) is 0 Å². The maximum Gasteiger partial charge on any atom is 0.134 e. The van der Waals surface area contributed by atoms with Crippen LogP contribution in [0.4, 0.5) is 0 Å². The van der Waals surface area contributed by atoms with E-state index in [0.717, 1.165) is 25.8 Å². The molecule has 2 heteroatoms. The monoisotopic (exact) mass is 171 g/mol. The molecule has 12 heavy (non-hydrogen) atoms.